The Hall–Kier alpha value is -2.57. The molecular formula is C21H23N3. The maximum Gasteiger partial charge on any atom is 0.121 e. The number of nitrogens with zero attached hydrogens (tertiary/aromatic N) is 2. The van der Waals surface area contributed by atoms with Crippen molar-refractivity contribution in [3.63, 3.8) is 0 Å². The highest BCUT2D eigenvalue weighted by molar-refractivity contribution is 5.74. The summed E-state index contributed by atoms with van der Waals surface area (Å²) in [7, 11) is 0. The van der Waals surface area contributed by atoms with Crippen molar-refractivity contribution in [2.45, 2.75) is 32.9 Å². The molecule has 3 aromatic rings. The summed E-state index contributed by atoms with van der Waals surface area (Å²) in [6, 6.07) is 18.7. The van der Waals surface area contributed by atoms with Crippen molar-refractivity contribution in [3.8, 4) is 11.8 Å². The van der Waals surface area contributed by atoms with Crippen LogP contribution in [0.1, 0.15) is 31.7 Å². The maximum atomic E-state index is 4.69. The molecule has 3 heteroatoms. The molecule has 0 unspecified atom stereocenters. The Balaban J connectivity index is 1.73. The van der Waals surface area contributed by atoms with E-state index in [1.807, 2.05) is 48.5 Å². The van der Waals surface area contributed by atoms with E-state index in [9.17, 15) is 0 Å². The van der Waals surface area contributed by atoms with E-state index in [0.29, 0.717) is 6.04 Å². The van der Waals surface area contributed by atoms with Gasteiger partial charge in [-0.3, -0.25) is 4.90 Å². The van der Waals surface area contributed by atoms with Gasteiger partial charge in [-0.05, 0) is 37.6 Å². The zero-order valence-electron chi connectivity index (χ0n) is 14.3. The number of fused-ring (bicyclic) bond motifs is 1. The minimum Gasteiger partial charge on any atom is -0.341 e. The van der Waals surface area contributed by atoms with Crippen LogP contribution in [0.2, 0.25) is 0 Å². The first-order chi connectivity index (χ1) is 11.8. The molecule has 0 aliphatic carbocycles. The lowest BCUT2D eigenvalue weighted by molar-refractivity contribution is 0.216. The molecule has 1 atom stereocenters. The van der Waals surface area contributed by atoms with Gasteiger partial charge in [0.25, 0.3) is 0 Å². The summed E-state index contributed by atoms with van der Waals surface area (Å²) in [5, 5.41) is 0. The molecule has 0 bridgehead atoms. The van der Waals surface area contributed by atoms with Crippen molar-refractivity contribution in [1.82, 2.24) is 14.9 Å². The van der Waals surface area contributed by atoms with Gasteiger partial charge in [0.05, 0.1) is 24.1 Å². The molecule has 122 valence electrons. The normalized spacial score (nSPS) is 12.1. The summed E-state index contributed by atoms with van der Waals surface area (Å²) in [6.07, 6.45) is 1.09. The predicted octanol–water partition coefficient (Wildman–Crippen LogP) is 4.22. The van der Waals surface area contributed by atoms with Gasteiger partial charge in [-0.15, -0.1) is 0 Å². The largest absolute Gasteiger partial charge is 0.341 e. The van der Waals surface area contributed by atoms with Gasteiger partial charge >= 0.3 is 0 Å². The Morgan fingerprint density at radius 3 is 2.58 bits per heavy atom. The van der Waals surface area contributed by atoms with Crippen LogP contribution in [-0.2, 0) is 6.54 Å². The van der Waals surface area contributed by atoms with E-state index >= 15 is 0 Å². The summed E-state index contributed by atoms with van der Waals surface area (Å²) < 4.78 is 0. The number of aromatic nitrogens is 2. The highest BCUT2D eigenvalue weighted by Gasteiger charge is 2.13. The third-order valence-electron chi connectivity index (χ3n) is 4.29. The number of H-pyrrole nitrogens is 1. The predicted molar refractivity (Wildman–Crippen MR) is 99.6 cm³/mol. The lowest BCUT2D eigenvalue weighted by Gasteiger charge is -2.25. The third kappa shape index (κ3) is 4.04. The van der Waals surface area contributed by atoms with Crippen LogP contribution >= 0.6 is 0 Å². The standard InChI is InChI=1S/C21H23N3/c1-3-17(2)24(15-9-12-18-10-5-4-6-11-18)16-21-22-19-13-7-8-14-20(19)23-21/h4-8,10-11,13-14,17H,3,15-16H2,1-2H3,(H,22,23)/t17-/m0/s1. The Labute approximate surface area is 143 Å². The van der Waals surface area contributed by atoms with Gasteiger partial charge in [-0.1, -0.05) is 49.1 Å². The van der Waals surface area contributed by atoms with Crippen molar-refractivity contribution in [3.05, 3.63) is 66.0 Å². The number of nitrogens with one attached hydrogen (secondary N) is 1. The molecular weight excluding hydrogens is 294 g/mol. The van der Waals surface area contributed by atoms with Crippen LogP contribution in [0.25, 0.3) is 11.0 Å². The van der Waals surface area contributed by atoms with Crippen LogP contribution in [-0.4, -0.2) is 27.5 Å². The first-order valence-electron chi connectivity index (χ1n) is 8.48. The molecule has 24 heavy (non-hydrogen) atoms. The van der Waals surface area contributed by atoms with E-state index in [2.05, 4.69) is 41.6 Å². The molecule has 0 aliphatic heterocycles. The lowest BCUT2D eigenvalue weighted by atomic mass is 10.2. The van der Waals surface area contributed by atoms with E-state index in [1.54, 1.807) is 0 Å². The van der Waals surface area contributed by atoms with Crippen molar-refractivity contribution < 1.29 is 0 Å². The number of aromatic amines is 1. The Bertz CT molecular complexity index is 806. The van der Waals surface area contributed by atoms with Crippen molar-refractivity contribution in [2.75, 3.05) is 6.54 Å². The lowest BCUT2D eigenvalue weighted by Crippen LogP contribution is -2.32. The van der Waals surface area contributed by atoms with Gasteiger partial charge in [0, 0.05) is 11.6 Å². The molecule has 3 rings (SSSR count). The summed E-state index contributed by atoms with van der Waals surface area (Å²) in [4.78, 5) is 10.5. The smallest absolute Gasteiger partial charge is 0.121 e. The third-order valence-corrected chi connectivity index (χ3v) is 4.29. The average molecular weight is 317 g/mol. The molecule has 0 saturated heterocycles. The number of para-hydroxylation sites is 2. The van der Waals surface area contributed by atoms with Crippen LogP contribution in [0.3, 0.4) is 0 Å². The van der Waals surface area contributed by atoms with Gasteiger partial charge < -0.3 is 4.98 Å². The van der Waals surface area contributed by atoms with Gasteiger partial charge in [0.15, 0.2) is 0 Å². The second kappa shape index (κ2) is 7.81. The minimum atomic E-state index is 0.461. The van der Waals surface area contributed by atoms with Crippen LogP contribution in [0.5, 0.6) is 0 Å². The van der Waals surface area contributed by atoms with Crippen molar-refractivity contribution >= 4 is 11.0 Å². The zero-order valence-corrected chi connectivity index (χ0v) is 14.3. The van der Waals surface area contributed by atoms with Crippen LogP contribution in [0, 0.1) is 11.8 Å². The van der Waals surface area contributed by atoms with Gasteiger partial charge in [-0.25, -0.2) is 4.98 Å². The summed E-state index contributed by atoms with van der Waals surface area (Å²) in [5.41, 5.74) is 3.17. The fourth-order valence-electron chi connectivity index (χ4n) is 2.66. The second-order valence-corrected chi connectivity index (χ2v) is 6.03. The first kappa shape index (κ1) is 16.3. The van der Waals surface area contributed by atoms with Gasteiger partial charge in [0.1, 0.15) is 5.82 Å². The molecule has 0 amide bonds. The second-order valence-electron chi connectivity index (χ2n) is 6.03. The quantitative estimate of drug-likeness (QED) is 0.715. The SMILES string of the molecule is CC[C@H](C)N(CC#Cc1ccccc1)Cc1nc2ccccc2[nH]1. The molecule has 3 nitrogen and oxygen atoms in total. The average Bonchev–Trinajstić information content (AvgIpc) is 3.03. The highest BCUT2D eigenvalue weighted by atomic mass is 15.2. The monoisotopic (exact) mass is 317 g/mol. The molecule has 0 spiro atoms. The first-order valence-corrected chi connectivity index (χ1v) is 8.48. The molecule has 0 saturated carbocycles. The van der Waals surface area contributed by atoms with Crippen molar-refractivity contribution in [2.24, 2.45) is 0 Å². The number of rotatable bonds is 5. The Morgan fingerprint density at radius 2 is 1.83 bits per heavy atom. The fraction of sp³-hybridized carbons (Fsp3) is 0.286. The van der Waals surface area contributed by atoms with E-state index in [1.165, 1.54) is 0 Å². The van der Waals surface area contributed by atoms with E-state index in [0.717, 1.165) is 41.9 Å². The molecule has 0 radical (unpaired) electrons. The molecule has 1 N–H and O–H groups in total. The molecule has 0 fully saturated rings. The number of imidazole rings is 1. The topological polar surface area (TPSA) is 31.9 Å². The molecule has 0 aliphatic rings. The van der Waals surface area contributed by atoms with Crippen molar-refractivity contribution in [1.29, 1.82) is 0 Å². The van der Waals surface area contributed by atoms with Crippen LogP contribution in [0.15, 0.2) is 54.6 Å². The molecule has 1 aromatic heterocycles. The summed E-state index contributed by atoms with van der Waals surface area (Å²) in [6.45, 7) is 5.97. The molecule has 2 aromatic carbocycles. The Kier molecular flexibility index (Phi) is 5.30. The highest BCUT2D eigenvalue weighted by Crippen LogP contribution is 2.13. The number of hydrogen-bond acceptors (Lipinski definition) is 2. The summed E-state index contributed by atoms with van der Waals surface area (Å²) in [5.74, 6) is 7.55. The summed E-state index contributed by atoms with van der Waals surface area (Å²) >= 11 is 0. The van der Waals surface area contributed by atoms with E-state index in [4.69, 9.17) is 4.98 Å². The maximum absolute atomic E-state index is 4.69. The van der Waals surface area contributed by atoms with E-state index in [-0.39, 0.29) is 0 Å². The van der Waals surface area contributed by atoms with Gasteiger partial charge in [-0.2, -0.15) is 0 Å². The molecule has 1 heterocycles. The minimum absolute atomic E-state index is 0.461. The Morgan fingerprint density at radius 1 is 1.08 bits per heavy atom. The van der Waals surface area contributed by atoms with E-state index < -0.39 is 0 Å². The van der Waals surface area contributed by atoms with Crippen LogP contribution < -0.4 is 0 Å². The van der Waals surface area contributed by atoms with Gasteiger partial charge in [0.2, 0.25) is 0 Å². The van der Waals surface area contributed by atoms with Crippen LogP contribution in [0.4, 0.5) is 0 Å². The number of hydrogen-bond donors (Lipinski definition) is 1. The zero-order chi connectivity index (χ0) is 16.8. The number of benzene rings is 2. The fourth-order valence-corrected chi connectivity index (χ4v) is 2.66.